The molecule has 2 amide bonds. The predicted octanol–water partition coefficient (Wildman–Crippen LogP) is 4.52. The van der Waals surface area contributed by atoms with Crippen LogP contribution in [-0.4, -0.2) is 68.9 Å². The van der Waals surface area contributed by atoms with Gasteiger partial charge < -0.3 is 9.30 Å². The summed E-state index contributed by atoms with van der Waals surface area (Å²) in [6.07, 6.45) is 5.62. The molecule has 3 aromatic heterocycles. The van der Waals surface area contributed by atoms with Crippen molar-refractivity contribution in [2.24, 2.45) is 7.05 Å². The number of ether oxygens (including phenoxy) is 1. The number of hydrogen-bond acceptors (Lipinski definition) is 6. The minimum absolute atomic E-state index is 0.310. The van der Waals surface area contributed by atoms with Crippen LogP contribution in [0.4, 0.5) is 5.69 Å². The first-order chi connectivity index (χ1) is 20.6. The first-order valence-electron chi connectivity index (χ1n) is 14.5. The zero-order chi connectivity index (χ0) is 28.6. The van der Waals surface area contributed by atoms with Crippen molar-refractivity contribution in [1.29, 1.82) is 0 Å². The number of para-hydroxylation sites is 2. The Bertz CT molecular complexity index is 1830. The number of carbonyl (C=O) groups is 2. The van der Waals surface area contributed by atoms with E-state index in [9.17, 15) is 9.59 Å². The average molecular weight is 561 g/mol. The normalized spacial score (nSPS) is 16.5. The highest BCUT2D eigenvalue weighted by molar-refractivity contribution is 6.58. The summed E-state index contributed by atoms with van der Waals surface area (Å²) in [6, 6.07) is 20.8. The zero-order valence-electron chi connectivity index (χ0n) is 23.6. The van der Waals surface area contributed by atoms with Crippen LogP contribution in [0.2, 0.25) is 0 Å². The first-order valence-corrected chi connectivity index (χ1v) is 14.5. The van der Waals surface area contributed by atoms with Crippen LogP contribution in [0.3, 0.4) is 0 Å². The van der Waals surface area contributed by atoms with Crippen molar-refractivity contribution in [1.82, 2.24) is 24.2 Å². The number of carbonyl (C=O) groups excluding carboxylic acids is 2. The second kappa shape index (κ2) is 11.0. The minimum Gasteiger partial charge on any atom is -0.379 e. The Morgan fingerprint density at radius 1 is 0.810 bits per heavy atom. The fourth-order valence-electron chi connectivity index (χ4n) is 6.12. The largest absolute Gasteiger partial charge is 0.379 e. The number of anilines is 1. The number of aryl methyl sites for hydroxylation is 2. The molecular formula is C33H32N6O3. The summed E-state index contributed by atoms with van der Waals surface area (Å²) in [5.74, 6) is -0.730. The second-order valence-electron chi connectivity index (χ2n) is 10.8. The number of aromatic nitrogens is 4. The van der Waals surface area contributed by atoms with Crippen LogP contribution in [0.15, 0.2) is 79.1 Å². The van der Waals surface area contributed by atoms with Gasteiger partial charge in [-0.05, 0) is 49.7 Å². The molecule has 9 nitrogen and oxygen atoms in total. The number of rotatable bonds is 8. The Morgan fingerprint density at radius 3 is 2.36 bits per heavy atom. The Labute approximate surface area is 243 Å². The molecule has 5 heterocycles. The van der Waals surface area contributed by atoms with E-state index >= 15 is 0 Å². The standard InChI is InChI=1S/C33H32N6O3/c1-36-22-26(24-12-5-6-14-27(24)36)28-29(33(41)39(32(28)40)23-10-3-2-4-11-23)30-25-13-9-15-34-31(25)38(35-30)17-8-7-16-37-18-20-42-21-19-37/h2-6,9-15,22H,7-8,16-21H2,1H3. The third kappa shape index (κ3) is 4.51. The highest BCUT2D eigenvalue weighted by atomic mass is 16.5. The lowest BCUT2D eigenvalue weighted by molar-refractivity contribution is -0.119. The van der Waals surface area contributed by atoms with Crippen LogP contribution in [0.5, 0.6) is 0 Å². The molecule has 2 aromatic carbocycles. The lowest BCUT2D eigenvalue weighted by Gasteiger charge is -2.26. The average Bonchev–Trinajstić information content (AvgIpc) is 3.64. The van der Waals surface area contributed by atoms with E-state index in [0.717, 1.165) is 67.5 Å². The van der Waals surface area contributed by atoms with E-state index in [1.54, 1.807) is 18.3 Å². The maximum absolute atomic E-state index is 14.3. The van der Waals surface area contributed by atoms with E-state index in [1.807, 2.05) is 77.1 Å². The SMILES string of the molecule is Cn1cc(C2=C(c3nn(CCCCN4CCOCC4)c4ncccc34)C(=O)N(c3ccccc3)C2=O)c2ccccc21. The first kappa shape index (κ1) is 26.3. The molecule has 7 rings (SSSR count). The maximum atomic E-state index is 14.3. The molecule has 2 aliphatic heterocycles. The lowest BCUT2D eigenvalue weighted by Crippen LogP contribution is -2.36. The molecule has 1 saturated heterocycles. The number of unbranched alkanes of at least 4 members (excludes halogenated alkanes) is 1. The van der Waals surface area contributed by atoms with E-state index in [4.69, 9.17) is 9.84 Å². The Hall–Kier alpha value is -4.60. The van der Waals surface area contributed by atoms with Gasteiger partial charge in [0.05, 0.1) is 30.0 Å². The van der Waals surface area contributed by atoms with Crippen molar-refractivity contribution in [3.8, 4) is 0 Å². The quantitative estimate of drug-likeness (QED) is 0.205. The van der Waals surface area contributed by atoms with E-state index in [1.165, 1.54) is 4.90 Å². The van der Waals surface area contributed by atoms with E-state index in [0.29, 0.717) is 34.7 Å². The maximum Gasteiger partial charge on any atom is 0.268 e. The summed E-state index contributed by atoms with van der Waals surface area (Å²) in [4.78, 5) is 36.9. The van der Waals surface area contributed by atoms with Gasteiger partial charge in [-0.25, -0.2) is 14.6 Å². The Morgan fingerprint density at radius 2 is 1.52 bits per heavy atom. The van der Waals surface area contributed by atoms with Gasteiger partial charge in [-0.1, -0.05) is 36.4 Å². The van der Waals surface area contributed by atoms with Crippen molar-refractivity contribution in [2.75, 3.05) is 37.7 Å². The molecule has 0 atom stereocenters. The topological polar surface area (TPSA) is 85.5 Å². The molecule has 0 bridgehead atoms. The summed E-state index contributed by atoms with van der Waals surface area (Å²) in [6.45, 7) is 5.19. The molecule has 212 valence electrons. The summed E-state index contributed by atoms with van der Waals surface area (Å²) in [5.41, 5.74) is 4.11. The molecule has 5 aromatic rings. The number of benzene rings is 2. The number of amides is 2. The van der Waals surface area contributed by atoms with Gasteiger partial charge >= 0.3 is 0 Å². The number of hydrogen-bond donors (Lipinski definition) is 0. The van der Waals surface area contributed by atoms with Gasteiger partial charge in [-0.3, -0.25) is 14.5 Å². The fraction of sp³-hybridized carbons (Fsp3) is 0.273. The molecule has 2 aliphatic rings. The van der Waals surface area contributed by atoms with E-state index < -0.39 is 0 Å². The minimum atomic E-state index is -0.378. The van der Waals surface area contributed by atoms with Crippen LogP contribution in [-0.2, 0) is 27.9 Å². The third-order valence-corrected chi connectivity index (χ3v) is 8.21. The summed E-state index contributed by atoms with van der Waals surface area (Å²) in [5, 5.41) is 6.66. The highest BCUT2D eigenvalue weighted by Gasteiger charge is 2.43. The van der Waals surface area contributed by atoms with Crippen LogP contribution in [0.1, 0.15) is 24.1 Å². The Kier molecular flexibility index (Phi) is 6.89. The molecule has 1 fully saturated rings. The van der Waals surface area contributed by atoms with Crippen molar-refractivity contribution >= 4 is 50.6 Å². The predicted molar refractivity (Wildman–Crippen MR) is 163 cm³/mol. The number of fused-ring (bicyclic) bond motifs is 2. The van der Waals surface area contributed by atoms with E-state index in [2.05, 4.69) is 9.88 Å². The molecule has 42 heavy (non-hydrogen) atoms. The van der Waals surface area contributed by atoms with Gasteiger partial charge in [0, 0.05) is 60.9 Å². The molecule has 0 unspecified atom stereocenters. The number of morpholine rings is 1. The van der Waals surface area contributed by atoms with Gasteiger partial charge in [-0.15, -0.1) is 0 Å². The van der Waals surface area contributed by atoms with Crippen LogP contribution in [0.25, 0.3) is 33.1 Å². The molecule has 0 saturated carbocycles. The number of imide groups is 1. The fourth-order valence-corrected chi connectivity index (χ4v) is 6.12. The van der Waals surface area contributed by atoms with Gasteiger partial charge in [0.2, 0.25) is 0 Å². The van der Waals surface area contributed by atoms with Gasteiger partial charge in [0.15, 0.2) is 5.65 Å². The highest BCUT2D eigenvalue weighted by Crippen LogP contribution is 2.42. The summed E-state index contributed by atoms with van der Waals surface area (Å²) >= 11 is 0. The lowest BCUT2D eigenvalue weighted by atomic mass is 9.98. The van der Waals surface area contributed by atoms with Crippen LogP contribution in [0, 0.1) is 0 Å². The number of pyridine rings is 1. The molecular weight excluding hydrogens is 528 g/mol. The summed E-state index contributed by atoms with van der Waals surface area (Å²) in [7, 11) is 1.95. The molecule has 0 spiro atoms. The monoisotopic (exact) mass is 560 g/mol. The molecule has 9 heteroatoms. The van der Waals surface area contributed by atoms with Gasteiger partial charge in [-0.2, -0.15) is 5.10 Å². The van der Waals surface area contributed by atoms with E-state index in [-0.39, 0.29) is 11.8 Å². The van der Waals surface area contributed by atoms with Crippen LogP contribution < -0.4 is 4.90 Å². The van der Waals surface area contributed by atoms with Crippen LogP contribution >= 0.6 is 0 Å². The molecule has 0 aliphatic carbocycles. The molecule has 0 radical (unpaired) electrons. The van der Waals surface area contributed by atoms with Gasteiger partial charge in [0.1, 0.15) is 5.69 Å². The Balaban J connectivity index is 1.33. The second-order valence-corrected chi connectivity index (χ2v) is 10.8. The van der Waals surface area contributed by atoms with Crippen molar-refractivity contribution in [3.05, 3.63) is 90.4 Å². The number of nitrogens with zero attached hydrogens (tertiary/aromatic N) is 6. The van der Waals surface area contributed by atoms with Crippen molar-refractivity contribution in [3.63, 3.8) is 0 Å². The van der Waals surface area contributed by atoms with Crippen molar-refractivity contribution in [2.45, 2.75) is 19.4 Å². The summed E-state index contributed by atoms with van der Waals surface area (Å²) < 4.78 is 9.35. The molecule has 0 N–H and O–H groups in total. The zero-order valence-corrected chi connectivity index (χ0v) is 23.6. The van der Waals surface area contributed by atoms with Crippen molar-refractivity contribution < 1.29 is 14.3 Å². The smallest absolute Gasteiger partial charge is 0.268 e. The van der Waals surface area contributed by atoms with Gasteiger partial charge in [0.25, 0.3) is 11.8 Å². The third-order valence-electron chi connectivity index (χ3n) is 8.21.